The molecular formula is C20H25N5. The van der Waals surface area contributed by atoms with E-state index in [0.29, 0.717) is 11.9 Å². The van der Waals surface area contributed by atoms with Crippen LogP contribution in [-0.4, -0.2) is 29.9 Å². The van der Waals surface area contributed by atoms with Gasteiger partial charge in [-0.05, 0) is 42.6 Å². The van der Waals surface area contributed by atoms with Crippen LogP contribution >= 0.6 is 0 Å². The number of hydrogen-bond donors (Lipinski definition) is 3. The molecule has 1 saturated heterocycles. The summed E-state index contributed by atoms with van der Waals surface area (Å²) in [5.74, 6) is 0.569. The molecule has 130 valence electrons. The van der Waals surface area contributed by atoms with Gasteiger partial charge in [0, 0.05) is 30.4 Å². The van der Waals surface area contributed by atoms with Crippen molar-refractivity contribution in [2.24, 2.45) is 10.8 Å². The van der Waals surface area contributed by atoms with Crippen LogP contribution in [0.2, 0.25) is 0 Å². The number of anilines is 1. The van der Waals surface area contributed by atoms with Crippen molar-refractivity contribution in [3.8, 4) is 0 Å². The van der Waals surface area contributed by atoms with Crippen molar-refractivity contribution in [3.63, 3.8) is 0 Å². The largest absolute Gasteiger partial charge is 0.382 e. The second kappa shape index (κ2) is 7.15. The molecule has 5 heteroatoms. The average Bonchev–Trinajstić information content (AvgIpc) is 2.64. The van der Waals surface area contributed by atoms with Crippen LogP contribution in [0.5, 0.6) is 0 Å². The maximum atomic E-state index is 6.01. The molecule has 4 rings (SSSR count). The first kappa shape index (κ1) is 16.0. The summed E-state index contributed by atoms with van der Waals surface area (Å²) < 4.78 is 0. The van der Waals surface area contributed by atoms with E-state index in [4.69, 9.17) is 5.73 Å². The highest BCUT2D eigenvalue weighted by atomic mass is 15.3. The summed E-state index contributed by atoms with van der Waals surface area (Å²) in [4.78, 5) is 2.54. The Hall–Kier alpha value is -2.53. The number of nitrogens with two attached hydrogens (primary N) is 1. The van der Waals surface area contributed by atoms with Crippen LogP contribution < -0.4 is 16.5 Å². The number of hydrogen-bond acceptors (Lipinski definition) is 5. The Labute approximate surface area is 148 Å². The number of nitrogens with zero attached hydrogens (tertiary/aromatic N) is 2. The third-order valence-corrected chi connectivity index (χ3v) is 4.98. The Morgan fingerprint density at radius 2 is 2.08 bits per heavy atom. The van der Waals surface area contributed by atoms with E-state index in [2.05, 4.69) is 69.3 Å². The molecule has 0 aromatic heterocycles. The molecule has 25 heavy (non-hydrogen) atoms. The molecule has 2 aliphatic heterocycles. The highest BCUT2D eigenvalue weighted by Gasteiger charge is 2.20. The van der Waals surface area contributed by atoms with Crippen molar-refractivity contribution in [3.05, 3.63) is 65.2 Å². The Balaban J connectivity index is 1.41. The molecule has 1 atom stereocenters. The fourth-order valence-corrected chi connectivity index (χ4v) is 3.72. The molecule has 0 aliphatic carbocycles. The maximum Gasteiger partial charge on any atom is 0.150 e. The normalized spacial score (nSPS) is 20.3. The van der Waals surface area contributed by atoms with E-state index in [1.54, 1.807) is 0 Å². The van der Waals surface area contributed by atoms with Crippen molar-refractivity contribution in [1.82, 2.24) is 10.3 Å². The Morgan fingerprint density at radius 3 is 2.96 bits per heavy atom. The van der Waals surface area contributed by atoms with Crippen LogP contribution in [0, 0.1) is 0 Å². The van der Waals surface area contributed by atoms with Gasteiger partial charge in [0.1, 0.15) is 0 Å². The minimum atomic E-state index is 0.468. The quantitative estimate of drug-likeness (QED) is 0.803. The summed E-state index contributed by atoms with van der Waals surface area (Å²) in [7, 11) is 0. The third-order valence-electron chi connectivity index (χ3n) is 4.98. The molecule has 0 amide bonds. The second-order valence-corrected chi connectivity index (χ2v) is 6.91. The summed E-state index contributed by atoms with van der Waals surface area (Å²) in [5.41, 5.74) is 13.7. The number of piperidine rings is 1. The number of amidine groups is 1. The minimum absolute atomic E-state index is 0.468. The number of hydrazone groups is 1. The maximum absolute atomic E-state index is 6.01. The highest BCUT2D eigenvalue weighted by molar-refractivity contribution is 6.00. The van der Waals surface area contributed by atoms with E-state index in [9.17, 15) is 0 Å². The van der Waals surface area contributed by atoms with Crippen LogP contribution in [0.15, 0.2) is 53.6 Å². The van der Waals surface area contributed by atoms with Gasteiger partial charge < -0.3 is 16.5 Å². The standard InChI is InChI=1S/C20H25N5/c21-20-19-11-17(9-8-16(19)12-22-24-20)23-18-7-4-10-25(14-18)13-15-5-2-1-3-6-15/h1-3,5-6,8-9,11,18,22-23H,4,7,10,12-14H2,(H2,21,24). The van der Waals surface area contributed by atoms with Crippen LogP contribution in [0.1, 0.15) is 29.5 Å². The first-order chi connectivity index (χ1) is 12.3. The lowest BCUT2D eigenvalue weighted by Crippen LogP contribution is -2.41. The minimum Gasteiger partial charge on any atom is -0.382 e. The van der Waals surface area contributed by atoms with Crippen molar-refractivity contribution in [1.29, 1.82) is 0 Å². The zero-order valence-corrected chi connectivity index (χ0v) is 14.4. The van der Waals surface area contributed by atoms with Gasteiger partial charge in [-0.15, -0.1) is 0 Å². The first-order valence-corrected chi connectivity index (χ1v) is 9.00. The van der Waals surface area contributed by atoms with Gasteiger partial charge in [0.05, 0.1) is 6.54 Å². The SMILES string of the molecule is NC1=NNCc2ccc(NC3CCCN(Cc4ccccc4)C3)cc21. The second-order valence-electron chi connectivity index (χ2n) is 6.91. The number of nitrogens with one attached hydrogen (secondary N) is 2. The number of benzene rings is 2. The molecule has 0 saturated carbocycles. The van der Waals surface area contributed by atoms with Gasteiger partial charge in [-0.2, -0.15) is 5.10 Å². The van der Waals surface area contributed by atoms with Gasteiger partial charge >= 0.3 is 0 Å². The molecule has 0 bridgehead atoms. The number of rotatable bonds is 4. The summed E-state index contributed by atoms with van der Waals surface area (Å²) in [6.45, 7) is 4.00. The van der Waals surface area contributed by atoms with E-state index >= 15 is 0 Å². The van der Waals surface area contributed by atoms with E-state index in [1.807, 2.05) is 0 Å². The van der Waals surface area contributed by atoms with E-state index < -0.39 is 0 Å². The van der Waals surface area contributed by atoms with Crippen LogP contribution in [0.3, 0.4) is 0 Å². The number of fused-ring (bicyclic) bond motifs is 1. The van der Waals surface area contributed by atoms with E-state index in [-0.39, 0.29) is 0 Å². The molecule has 0 radical (unpaired) electrons. The molecule has 2 aromatic carbocycles. The van der Waals surface area contributed by atoms with E-state index in [0.717, 1.165) is 30.9 Å². The lowest BCUT2D eigenvalue weighted by Gasteiger charge is -2.34. The van der Waals surface area contributed by atoms with E-state index in [1.165, 1.54) is 30.5 Å². The molecule has 5 nitrogen and oxygen atoms in total. The van der Waals surface area contributed by atoms with Gasteiger partial charge in [0.25, 0.3) is 0 Å². The highest BCUT2D eigenvalue weighted by Crippen LogP contribution is 2.22. The Morgan fingerprint density at radius 1 is 1.20 bits per heavy atom. The smallest absolute Gasteiger partial charge is 0.150 e. The van der Waals surface area contributed by atoms with Crippen molar-refractivity contribution >= 4 is 11.5 Å². The summed E-state index contributed by atoms with van der Waals surface area (Å²) in [6.07, 6.45) is 2.43. The molecular weight excluding hydrogens is 310 g/mol. The molecule has 1 fully saturated rings. The summed E-state index contributed by atoms with van der Waals surface area (Å²) in [5, 5.41) is 7.82. The van der Waals surface area contributed by atoms with Crippen molar-refractivity contribution in [2.45, 2.75) is 32.0 Å². The summed E-state index contributed by atoms with van der Waals surface area (Å²) in [6, 6.07) is 17.6. The van der Waals surface area contributed by atoms with Crippen LogP contribution in [0.25, 0.3) is 0 Å². The lowest BCUT2D eigenvalue weighted by molar-refractivity contribution is 0.208. The molecule has 2 heterocycles. The zero-order chi connectivity index (χ0) is 17.1. The lowest BCUT2D eigenvalue weighted by atomic mass is 10.0. The Bertz CT molecular complexity index is 756. The number of likely N-dealkylation sites (tertiary alicyclic amines) is 1. The van der Waals surface area contributed by atoms with Crippen molar-refractivity contribution in [2.75, 3.05) is 18.4 Å². The molecule has 1 unspecified atom stereocenters. The first-order valence-electron chi connectivity index (χ1n) is 9.00. The third kappa shape index (κ3) is 3.77. The van der Waals surface area contributed by atoms with Gasteiger partial charge in [0.2, 0.25) is 0 Å². The van der Waals surface area contributed by atoms with Crippen LogP contribution in [0.4, 0.5) is 5.69 Å². The monoisotopic (exact) mass is 335 g/mol. The average molecular weight is 335 g/mol. The molecule has 4 N–H and O–H groups in total. The predicted molar refractivity (Wildman–Crippen MR) is 102 cm³/mol. The van der Waals surface area contributed by atoms with Gasteiger partial charge in [-0.25, -0.2) is 0 Å². The fraction of sp³-hybridized carbons (Fsp3) is 0.350. The Kier molecular flexibility index (Phi) is 4.57. The predicted octanol–water partition coefficient (Wildman–Crippen LogP) is 2.49. The van der Waals surface area contributed by atoms with Gasteiger partial charge in [-0.1, -0.05) is 36.4 Å². The zero-order valence-electron chi connectivity index (χ0n) is 14.4. The van der Waals surface area contributed by atoms with Gasteiger partial charge in [-0.3, -0.25) is 4.90 Å². The molecule has 2 aromatic rings. The van der Waals surface area contributed by atoms with Crippen molar-refractivity contribution < 1.29 is 0 Å². The topological polar surface area (TPSA) is 65.7 Å². The molecule has 0 spiro atoms. The molecule has 2 aliphatic rings. The van der Waals surface area contributed by atoms with Crippen LogP contribution in [-0.2, 0) is 13.1 Å². The summed E-state index contributed by atoms with van der Waals surface area (Å²) >= 11 is 0. The van der Waals surface area contributed by atoms with Gasteiger partial charge in [0.15, 0.2) is 5.84 Å². The fourth-order valence-electron chi connectivity index (χ4n) is 3.72.